The number of hydrogen-bond donors (Lipinski definition) is 1. The van der Waals surface area contributed by atoms with Crippen molar-refractivity contribution >= 4 is 11.5 Å². The molecular weight excluding hydrogens is 386 g/mol. The van der Waals surface area contributed by atoms with Crippen molar-refractivity contribution in [1.29, 1.82) is 0 Å². The molecule has 1 N–H and O–H groups in total. The van der Waals surface area contributed by atoms with Gasteiger partial charge in [0.1, 0.15) is 5.82 Å². The first-order valence-electron chi connectivity index (χ1n) is 10.8. The van der Waals surface area contributed by atoms with Crippen LogP contribution in [0.3, 0.4) is 0 Å². The Morgan fingerprint density at radius 1 is 0.935 bits per heavy atom. The number of fused-ring (bicyclic) bond motifs is 1. The van der Waals surface area contributed by atoms with Gasteiger partial charge in [0.15, 0.2) is 5.65 Å². The molecule has 0 amide bonds. The van der Waals surface area contributed by atoms with E-state index in [1.165, 1.54) is 11.1 Å². The first kappa shape index (κ1) is 19.6. The molecule has 7 heteroatoms. The third-order valence-electron chi connectivity index (χ3n) is 5.88. The summed E-state index contributed by atoms with van der Waals surface area (Å²) in [4.78, 5) is 20.8. The van der Waals surface area contributed by atoms with Gasteiger partial charge in [-0.15, -0.1) is 0 Å². The van der Waals surface area contributed by atoms with Gasteiger partial charge >= 0.3 is 0 Å². The predicted octanol–water partition coefficient (Wildman–Crippen LogP) is 3.00. The minimum atomic E-state index is 0.831. The fourth-order valence-electron chi connectivity index (χ4n) is 4.29. The second-order valence-corrected chi connectivity index (χ2v) is 8.12. The van der Waals surface area contributed by atoms with E-state index in [4.69, 9.17) is 9.97 Å². The molecule has 7 nitrogen and oxygen atoms in total. The maximum atomic E-state index is 4.75. The summed E-state index contributed by atoms with van der Waals surface area (Å²) in [6, 6.07) is 6.32. The largest absolute Gasteiger partial charge is 0.354 e. The third-order valence-corrected chi connectivity index (χ3v) is 5.88. The van der Waals surface area contributed by atoms with Crippen LogP contribution in [0, 0.1) is 13.8 Å². The highest BCUT2D eigenvalue weighted by molar-refractivity contribution is 5.63. The Labute approximate surface area is 182 Å². The quantitative estimate of drug-likeness (QED) is 0.542. The lowest BCUT2D eigenvalue weighted by Crippen LogP contribution is -2.44. The smallest absolute Gasteiger partial charge is 0.160 e. The molecule has 5 rings (SSSR count). The fourth-order valence-corrected chi connectivity index (χ4v) is 4.29. The average Bonchev–Trinajstić information content (AvgIpc) is 3.23. The molecule has 1 saturated heterocycles. The van der Waals surface area contributed by atoms with Crippen LogP contribution in [0.5, 0.6) is 0 Å². The number of hydrogen-bond acceptors (Lipinski definition) is 6. The number of anilines is 1. The predicted molar refractivity (Wildman–Crippen MR) is 122 cm³/mol. The molecule has 1 fully saturated rings. The summed E-state index contributed by atoms with van der Waals surface area (Å²) in [5, 5.41) is 3.40. The topological polar surface area (TPSA) is 71.2 Å². The summed E-state index contributed by atoms with van der Waals surface area (Å²) in [6.45, 7) is 8.14. The number of nitrogens with zero attached hydrogens (tertiary/aromatic N) is 6. The molecule has 0 unspecified atom stereocenters. The van der Waals surface area contributed by atoms with E-state index in [2.05, 4.69) is 43.6 Å². The zero-order valence-corrected chi connectivity index (χ0v) is 18.0. The van der Waals surface area contributed by atoms with Crippen LogP contribution in [-0.4, -0.2) is 50.5 Å². The number of pyridine rings is 2. The molecule has 1 aliphatic rings. The van der Waals surface area contributed by atoms with Gasteiger partial charge in [0.25, 0.3) is 0 Å². The van der Waals surface area contributed by atoms with E-state index in [9.17, 15) is 0 Å². The average molecular weight is 414 g/mol. The van der Waals surface area contributed by atoms with Crippen molar-refractivity contribution in [3.63, 3.8) is 0 Å². The molecule has 31 heavy (non-hydrogen) atoms. The number of piperazine rings is 1. The molecule has 0 atom stereocenters. The molecule has 0 aromatic carbocycles. The van der Waals surface area contributed by atoms with Gasteiger partial charge in [-0.25, -0.2) is 4.98 Å². The van der Waals surface area contributed by atoms with Crippen molar-refractivity contribution in [3.05, 3.63) is 71.7 Å². The second kappa shape index (κ2) is 8.43. The van der Waals surface area contributed by atoms with Crippen LogP contribution in [0.15, 0.2) is 49.2 Å². The maximum absolute atomic E-state index is 4.75. The molecular formula is C24H27N7. The minimum absolute atomic E-state index is 0.831. The van der Waals surface area contributed by atoms with Gasteiger partial charge in [-0.2, -0.15) is 0 Å². The Balaban J connectivity index is 1.35. The van der Waals surface area contributed by atoms with Crippen LogP contribution in [-0.2, 0) is 12.8 Å². The number of aryl methyl sites for hydroxylation is 4. The minimum Gasteiger partial charge on any atom is -0.354 e. The van der Waals surface area contributed by atoms with E-state index in [0.29, 0.717) is 0 Å². The van der Waals surface area contributed by atoms with Gasteiger partial charge in [-0.3, -0.25) is 19.4 Å². The number of nitrogens with one attached hydrogen (secondary N) is 1. The van der Waals surface area contributed by atoms with Gasteiger partial charge in [0, 0.05) is 62.2 Å². The molecule has 158 valence electrons. The number of aromatic nitrogens is 5. The van der Waals surface area contributed by atoms with Crippen LogP contribution in [0.25, 0.3) is 16.9 Å². The van der Waals surface area contributed by atoms with Crippen LogP contribution in [0.1, 0.15) is 22.5 Å². The van der Waals surface area contributed by atoms with E-state index >= 15 is 0 Å². The molecule has 1 aliphatic heterocycles. The SMILES string of the molecule is Cc1cc(-c2ncc(CCc3nccn4c(N5CCNCC5)cnc34)cc2C)ccn1. The summed E-state index contributed by atoms with van der Waals surface area (Å²) >= 11 is 0. The highest BCUT2D eigenvalue weighted by Crippen LogP contribution is 2.23. The van der Waals surface area contributed by atoms with E-state index in [0.717, 1.165) is 73.1 Å². The summed E-state index contributed by atoms with van der Waals surface area (Å²) in [6.07, 6.45) is 11.4. The Morgan fingerprint density at radius 2 is 1.81 bits per heavy atom. The summed E-state index contributed by atoms with van der Waals surface area (Å²) in [7, 11) is 0. The Bertz CT molecular complexity index is 1210. The Morgan fingerprint density at radius 3 is 2.61 bits per heavy atom. The van der Waals surface area contributed by atoms with Gasteiger partial charge in [0.2, 0.25) is 0 Å². The third kappa shape index (κ3) is 4.01. The zero-order valence-electron chi connectivity index (χ0n) is 18.0. The molecule has 5 heterocycles. The van der Waals surface area contributed by atoms with E-state index in [1.54, 1.807) is 0 Å². The molecule has 0 saturated carbocycles. The molecule has 0 spiro atoms. The lowest BCUT2D eigenvalue weighted by molar-refractivity contribution is 0.583. The fraction of sp³-hybridized carbons (Fsp3) is 0.333. The summed E-state index contributed by atoms with van der Waals surface area (Å²) in [5.74, 6) is 1.15. The van der Waals surface area contributed by atoms with Gasteiger partial charge in [-0.1, -0.05) is 6.07 Å². The second-order valence-electron chi connectivity index (χ2n) is 8.12. The molecule has 0 bridgehead atoms. The van der Waals surface area contributed by atoms with Crippen LogP contribution in [0.2, 0.25) is 0 Å². The Hall–Kier alpha value is -3.32. The molecule has 4 aromatic heterocycles. The number of imidazole rings is 1. The summed E-state index contributed by atoms with van der Waals surface area (Å²) in [5.41, 5.74) is 7.49. The van der Waals surface area contributed by atoms with Crippen LogP contribution in [0.4, 0.5) is 5.82 Å². The van der Waals surface area contributed by atoms with Crippen molar-refractivity contribution in [2.45, 2.75) is 26.7 Å². The number of rotatable bonds is 5. The monoisotopic (exact) mass is 413 g/mol. The highest BCUT2D eigenvalue weighted by atomic mass is 15.3. The first-order valence-corrected chi connectivity index (χ1v) is 10.8. The summed E-state index contributed by atoms with van der Waals surface area (Å²) < 4.78 is 2.17. The standard InChI is InChI=1S/C24H27N7/c1-17-13-19(15-28-23(17)20-5-6-26-18(2)14-20)3-4-21-24-29-16-22(31(24)12-9-27-21)30-10-7-25-8-11-30/h5-6,9,12-16,25H,3-4,7-8,10-11H2,1-2H3. The van der Waals surface area contributed by atoms with E-state index < -0.39 is 0 Å². The molecule has 4 aromatic rings. The molecule has 0 radical (unpaired) electrons. The van der Waals surface area contributed by atoms with E-state index in [-0.39, 0.29) is 0 Å². The van der Waals surface area contributed by atoms with Gasteiger partial charge in [0.05, 0.1) is 17.6 Å². The van der Waals surface area contributed by atoms with Crippen LogP contribution < -0.4 is 10.2 Å². The van der Waals surface area contributed by atoms with E-state index in [1.807, 2.05) is 44.0 Å². The zero-order chi connectivity index (χ0) is 21.2. The van der Waals surface area contributed by atoms with Crippen molar-refractivity contribution in [3.8, 4) is 11.3 Å². The van der Waals surface area contributed by atoms with Crippen LogP contribution >= 0.6 is 0 Å². The highest BCUT2D eigenvalue weighted by Gasteiger charge is 2.16. The normalized spacial score (nSPS) is 14.3. The molecule has 0 aliphatic carbocycles. The lowest BCUT2D eigenvalue weighted by atomic mass is 10.0. The maximum Gasteiger partial charge on any atom is 0.160 e. The van der Waals surface area contributed by atoms with Crippen molar-refractivity contribution in [2.75, 3.05) is 31.1 Å². The first-order chi connectivity index (χ1) is 15.2. The lowest BCUT2D eigenvalue weighted by Gasteiger charge is -2.28. The van der Waals surface area contributed by atoms with Crippen molar-refractivity contribution in [2.24, 2.45) is 0 Å². The van der Waals surface area contributed by atoms with Gasteiger partial charge in [-0.05, 0) is 49.9 Å². The van der Waals surface area contributed by atoms with Crippen molar-refractivity contribution < 1.29 is 0 Å². The van der Waals surface area contributed by atoms with Crippen molar-refractivity contribution in [1.82, 2.24) is 29.7 Å². The van der Waals surface area contributed by atoms with Gasteiger partial charge < -0.3 is 10.2 Å². The Kier molecular flexibility index (Phi) is 5.34.